The van der Waals surface area contributed by atoms with Gasteiger partial charge in [-0.3, -0.25) is 9.59 Å². The molecule has 2 aliphatic heterocycles. The number of ether oxygens (including phenoxy) is 2. The highest BCUT2D eigenvalue weighted by Gasteiger charge is 2.51. The van der Waals surface area contributed by atoms with Crippen LogP contribution in [-0.4, -0.2) is 61.5 Å². The van der Waals surface area contributed by atoms with Crippen molar-refractivity contribution in [3.8, 4) is 11.5 Å². The molecule has 29 heavy (non-hydrogen) atoms. The van der Waals surface area contributed by atoms with Gasteiger partial charge in [-0.05, 0) is 67.7 Å². The smallest absolute Gasteiger partial charge is 0.260 e. The summed E-state index contributed by atoms with van der Waals surface area (Å²) in [7, 11) is 1.62. The first-order valence-electron chi connectivity index (χ1n) is 10.9. The van der Waals surface area contributed by atoms with Crippen LogP contribution in [0.1, 0.15) is 44.9 Å². The summed E-state index contributed by atoms with van der Waals surface area (Å²) in [5.74, 6) is 2.21. The lowest BCUT2D eigenvalue weighted by atomic mass is 9.62. The van der Waals surface area contributed by atoms with E-state index in [-0.39, 0.29) is 17.9 Å². The van der Waals surface area contributed by atoms with Crippen LogP contribution in [0.25, 0.3) is 0 Å². The summed E-state index contributed by atoms with van der Waals surface area (Å²) in [5.41, 5.74) is 0.237. The fraction of sp³-hybridized carbons (Fsp3) is 0.652. The molecule has 2 amide bonds. The van der Waals surface area contributed by atoms with Gasteiger partial charge in [0.15, 0.2) is 6.61 Å². The molecule has 1 atom stereocenters. The van der Waals surface area contributed by atoms with Crippen LogP contribution in [0.15, 0.2) is 24.3 Å². The van der Waals surface area contributed by atoms with Crippen molar-refractivity contribution in [3.63, 3.8) is 0 Å². The molecule has 1 aromatic carbocycles. The molecular formula is C23H32N2O4. The molecule has 6 nitrogen and oxygen atoms in total. The van der Waals surface area contributed by atoms with Gasteiger partial charge in [0.2, 0.25) is 5.91 Å². The Bertz CT molecular complexity index is 723. The van der Waals surface area contributed by atoms with Crippen LogP contribution in [0.4, 0.5) is 0 Å². The zero-order valence-electron chi connectivity index (χ0n) is 17.4. The van der Waals surface area contributed by atoms with Crippen molar-refractivity contribution in [2.45, 2.75) is 44.9 Å². The molecule has 0 bridgehead atoms. The Morgan fingerprint density at radius 3 is 2.31 bits per heavy atom. The fourth-order valence-electron chi connectivity index (χ4n) is 5.15. The second kappa shape index (κ2) is 8.64. The summed E-state index contributed by atoms with van der Waals surface area (Å²) in [6.45, 7) is 3.48. The maximum Gasteiger partial charge on any atom is 0.260 e. The van der Waals surface area contributed by atoms with Crippen LogP contribution in [0.2, 0.25) is 0 Å². The first-order chi connectivity index (χ1) is 14.1. The van der Waals surface area contributed by atoms with Gasteiger partial charge in [0.1, 0.15) is 11.5 Å². The molecule has 0 radical (unpaired) electrons. The number of hydrogen-bond acceptors (Lipinski definition) is 4. The van der Waals surface area contributed by atoms with Crippen LogP contribution < -0.4 is 9.47 Å². The Morgan fingerprint density at radius 1 is 1.00 bits per heavy atom. The minimum atomic E-state index is 0.0421. The van der Waals surface area contributed by atoms with Gasteiger partial charge in [-0.15, -0.1) is 0 Å². The second-order valence-electron chi connectivity index (χ2n) is 8.78. The summed E-state index contributed by atoms with van der Waals surface area (Å²) in [6.07, 6.45) is 7.39. The largest absolute Gasteiger partial charge is 0.497 e. The molecule has 1 unspecified atom stereocenters. The van der Waals surface area contributed by atoms with Crippen molar-refractivity contribution < 1.29 is 19.1 Å². The molecule has 2 heterocycles. The van der Waals surface area contributed by atoms with Gasteiger partial charge in [0.05, 0.1) is 7.11 Å². The molecule has 6 heteroatoms. The Morgan fingerprint density at radius 2 is 1.69 bits per heavy atom. The Labute approximate surface area is 173 Å². The normalized spacial score (nSPS) is 22.6. The molecule has 2 saturated heterocycles. The topological polar surface area (TPSA) is 59.1 Å². The van der Waals surface area contributed by atoms with E-state index in [1.165, 1.54) is 19.3 Å². The predicted octanol–water partition coefficient (Wildman–Crippen LogP) is 3.11. The lowest BCUT2D eigenvalue weighted by molar-refractivity contribution is -0.133. The van der Waals surface area contributed by atoms with Crippen LogP contribution in [0.3, 0.4) is 0 Å². The minimum Gasteiger partial charge on any atom is -0.497 e. The monoisotopic (exact) mass is 400 g/mol. The first-order valence-corrected chi connectivity index (χ1v) is 10.9. The zero-order valence-corrected chi connectivity index (χ0v) is 17.4. The number of carbonyl (C=O) groups excluding carboxylic acids is 2. The molecule has 1 saturated carbocycles. The molecule has 1 spiro atoms. The second-order valence-corrected chi connectivity index (χ2v) is 8.78. The number of amides is 2. The van der Waals surface area contributed by atoms with E-state index in [2.05, 4.69) is 0 Å². The molecule has 4 rings (SSSR count). The molecule has 3 aliphatic rings. The number of nitrogens with zero attached hydrogens (tertiary/aromatic N) is 2. The summed E-state index contributed by atoms with van der Waals surface area (Å²) >= 11 is 0. The van der Waals surface area contributed by atoms with Gasteiger partial charge >= 0.3 is 0 Å². The SMILES string of the molecule is COc1ccc(OCC(=O)N2CC(CCC(=O)N3CCCC3)C3(CCC3)C2)cc1. The van der Waals surface area contributed by atoms with Crippen molar-refractivity contribution in [3.05, 3.63) is 24.3 Å². The average molecular weight is 401 g/mol. The third kappa shape index (κ3) is 4.36. The van der Waals surface area contributed by atoms with Crippen molar-refractivity contribution in [2.75, 3.05) is 39.9 Å². The fourth-order valence-corrected chi connectivity index (χ4v) is 5.15. The lowest BCUT2D eigenvalue weighted by Crippen LogP contribution is -2.39. The van der Waals surface area contributed by atoms with Crippen LogP contribution >= 0.6 is 0 Å². The third-order valence-corrected chi connectivity index (χ3v) is 7.10. The van der Waals surface area contributed by atoms with Gasteiger partial charge in [-0.25, -0.2) is 0 Å². The molecule has 1 aromatic rings. The van der Waals surface area contributed by atoms with Gasteiger partial charge in [0, 0.05) is 32.6 Å². The van der Waals surface area contributed by atoms with E-state index in [0.29, 0.717) is 24.0 Å². The van der Waals surface area contributed by atoms with E-state index < -0.39 is 0 Å². The zero-order chi connectivity index (χ0) is 20.3. The minimum absolute atomic E-state index is 0.0421. The van der Waals surface area contributed by atoms with Crippen molar-refractivity contribution in [2.24, 2.45) is 11.3 Å². The number of carbonyl (C=O) groups is 2. The molecule has 0 N–H and O–H groups in total. The molecule has 3 fully saturated rings. The summed E-state index contributed by atoms with van der Waals surface area (Å²) < 4.78 is 10.8. The highest BCUT2D eigenvalue weighted by atomic mass is 16.5. The van der Waals surface area contributed by atoms with E-state index >= 15 is 0 Å². The number of methoxy groups -OCH3 is 1. The Hall–Kier alpha value is -2.24. The van der Waals surface area contributed by atoms with Crippen LogP contribution in [0, 0.1) is 11.3 Å². The van der Waals surface area contributed by atoms with E-state index in [0.717, 1.165) is 51.2 Å². The van der Waals surface area contributed by atoms with Gasteiger partial charge in [-0.1, -0.05) is 6.42 Å². The van der Waals surface area contributed by atoms with Crippen LogP contribution in [0.5, 0.6) is 11.5 Å². The number of hydrogen-bond donors (Lipinski definition) is 0. The Kier molecular flexibility index (Phi) is 5.97. The summed E-state index contributed by atoms with van der Waals surface area (Å²) in [4.78, 5) is 29.2. The maximum absolute atomic E-state index is 12.8. The summed E-state index contributed by atoms with van der Waals surface area (Å²) in [5, 5.41) is 0. The first kappa shape index (κ1) is 20.0. The highest BCUT2D eigenvalue weighted by molar-refractivity contribution is 5.78. The van der Waals surface area contributed by atoms with Gasteiger partial charge in [0.25, 0.3) is 5.91 Å². The molecule has 158 valence electrons. The van der Waals surface area contributed by atoms with E-state index in [1.807, 2.05) is 34.1 Å². The van der Waals surface area contributed by atoms with E-state index in [9.17, 15) is 9.59 Å². The van der Waals surface area contributed by atoms with E-state index in [1.54, 1.807) is 7.11 Å². The van der Waals surface area contributed by atoms with Crippen molar-refractivity contribution >= 4 is 11.8 Å². The number of likely N-dealkylation sites (tertiary alicyclic amines) is 2. The quantitative estimate of drug-likeness (QED) is 0.706. The van der Waals surface area contributed by atoms with E-state index in [4.69, 9.17) is 9.47 Å². The van der Waals surface area contributed by atoms with Gasteiger partial charge < -0.3 is 19.3 Å². The Balaban J connectivity index is 1.29. The lowest BCUT2D eigenvalue weighted by Gasteiger charge is -2.43. The molecule has 0 aromatic heterocycles. The summed E-state index contributed by atoms with van der Waals surface area (Å²) in [6, 6.07) is 7.28. The van der Waals surface area contributed by atoms with Gasteiger partial charge in [-0.2, -0.15) is 0 Å². The molecular weight excluding hydrogens is 368 g/mol. The predicted molar refractivity (Wildman–Crippen MR) is 110 cm³/mol. The third-order valence-electron chi connectivity index (χ3n) is 7.10. The van der Waals surface area contributed by atoms with Crippen molar-refractivity contribution in [1.82, 2.24) is 9.80 Å². The number of benzene rings is 1. The number of rotatable bonds is 7. The molecule has 1 aliphatic carbocycles. The maximum atomic E-state index is 12.8. The van der Waals surface area contributed by atoms with Crippen LogP contribution in [-0.2, 0) is 9.59 Å². The average Bonchev–Trinajstić information content (AvgIpc) is 3.38. The highest BCUT2D eigenvalue weighted by Crippen LogP contribution is 2.53. The van der Waals surface area contributed by atoms with Crippen molar-refractivity contribution in [1.29, 1.82) is 0 Å². The standard InChI is InChI=1S/C23H32N2O4/c1-28-19-6-8-20(9-7-19)29-16-22(27)25-15-18(23(17-25)11-4-12-23)5-10-21(26)24-13-2-3-14-24/h6-9,18H,2-5,10-17H2,1H3.